The van der Waals surface area contributed by atoms with Crippen molar-refractivity contribution in [2.24, 2.45) is 0 Å². The predicted octanol–water partition coefficient (Wildman–Crippen LogP) is 2.85. The Morgan fingerprint density at radius 1 is 1.17 bits per heavy atom. The van der Waals surface area contributed by atoms with Gasteiger partial charge >= 0.3 is 0 Å². The first-order chi connectivity index (χ1) is 8.66. The van der Waals surface area contributed by atoms with Crippen LogP contribution in [0.15, 0.2) is 42.7 Å². The van der Waals surface area contributed by atoms with Gasteiger partial charge in [0.05, 0.1) is 5.56 Å². The highest BCUT2D eigenvalue weighted by molar-refractivity contribution is 6.03. The highest BCUT2D eigenvalue weighted by Crippen LogP contribution is 2.12. The van der Waals surface area contributed by atoms with Gasteiger partial charge in [0.25, 0.3) is 5.91 Å². The summed E-state index contributed by atoms with van der Waals surface area (Å²) in [5.41, 5.74) is 1.51. The normalized spacial score (nSPS) is 10.4. The molecule has 18 heavy (non-hydrogen) atoms. The first kappa shape index (κ1) is 12.2. The number of nitrogens with zero attached hydrogens (tertiary/aromatic N) is 2. The Labute approximate surface area is 106 Å². The van der Waals surface area contributed by atoms with Gasteiger partial charge in [-0.3, -0.25) is 9.78 Å². The molecule has 2 aromatic rings. The molecule has 4 nitrogen and oxygen atoms in total. The van der Waals surface area contributed by atoms with Crippen molar-refractivity contribution in [3.8, 4) is 0 Å². The van der Waals surface area contributed by atoms with E-state index in [1.807, 2.05) is 12.1 Å². The summed E-state index contributed by atoms with van der Waals surface area (Å²) in [6, 6.07) is 9.02. The molecule has 92 valence electrons. The number of carbonyl (C=O) groups excluding carboxylic acids is 1. The van der Waals surface area contributed by atoms with Crippen LogP contribution in [0.2, 0.25) is 0 Å². The zero-order valence-electron chi connectivity index (χ0n) is 10.4. The Hall–Kier alpha value is -2.23. The fraction of sp³-hybridized carbons (Fsp3) is 0.214. The molecule has 0 radical (unpaired) electrons. The van der Waals surface area contributed by atoms with E-state index in [9.17, 15) is 4.79 Å². The molecule has 0 unspecified atom stereocenters. The predicted molar refractivity (Wildman–Crippen MR) is 70.5 cm³/mol. The molecule has 2 rings (SSSR count). The van der Waals surface area contributed by atoms with Gasteiger partial charge in [0.2, 0.25) is 0 Å². The van der Waals surface area contributed by atoms with Crippen molar-refractivity contribution < 1.29 is 4.79 Å². The number of anilines is 1. The van der Waals surface area contributed by atoms with Gasteiger partial charge in [0.15, 0.2) is 0 Å². The third kappa shape index (κ3) is 2.91. The van der Waals surface area contributed by atoms with Crippen LogP contribution in [-0.4, -0.2) is 15.9 Å². The fourth-order valence-corrected chi connectivity index (χ4v) is 1.51. The van der Waals surface area contributed by atoms with E-state index in [0.717, 1.165) is 5.69 Å². The minimum absolute atomic E-state index is 0.198. The molecule has 0 saturated carbocycles. The molecule has 0 atom stereocenters. The van der Waals surface area contributed by atoms with E-state index in [4.69, 9.17) is 0 Å². The fourth-order valence-electron chi connectivity index (χ4n) is 1.51. The van der Waals surface area contributed by atoms with Crippen LogP contribution in [0.5, 0.6) is 0 Å². The molecule has 0 saturated heterocycles. The molecule has 1 N–H and O–H groups in total. The first-order valence-corrected chi connectivity index (χ1v) is 5.85. The number of amides is 1. The maximum absolute atomic E-state index is 11.9. The zero-order chi connectivity index (χ0) is 13.0. The monoisotopic (exact) mass is 241 g/mol. The van der Waals surface area contributed by atoms with E-state index in [0.29, 0.717) is 17.3 Å². The highest BCUT2D eigenvalue weighted by Gasteiger charge is 2.08. The molecule has 0 aliphatic rings. The molecule has 0 fully saturated rings. The van der Waals surface area contributed by atoms with Gasteiger partial charge in [-0.05, 0) is 30.2 Å². The summed E-state index contributed by atoms with van der Waals surface area (Å²) in [6.07, 6.45) is 3.23. The topological polar surface area (TPSA) is 54.9 Å². The van der Waals surface area contributed by atoms with Crippen molar-refractivity contribution in [3.05, 3.63) is 54.0 Å². The van der Waals surface area contributed by atoms with E-state index >= 15 is 0 Å². The van der Waals surface area contributed by atoms with Crippen LogP contribution < -0.4 is 5.32 Å². The van der Waals surface area contributed by atoms with E-state index in [1.54, 1.807) is 30.6 Å². The van der Waals surface area contributed by atoms with E-state index in [-0.39, 0.29) is 5.91 Å². The van der Waals surface area contributed by atoms with Crippen molar-refractivity contribution in [1.29, 1.82) is 0 Å². The van der Waals surface area contributed by atoms with Crippen molar-refractivity contribution in [2.45, 2.75) is 19.8 Å². The molecule has 0 aliphatic carbocycles. The van der Waals surface area contributed by atoms with Gasteiger partial charge in [-0.25, -0.2) is 4.98 Å². The van der Waals surface area contributed by atoms with Crippen LogP contribution in [0, 0.1) is 0 Å². The van der Waals surface area contributed by atoms with E-state index < -0.39 is 0 Å². The lowest BCUT2D eigenvalue weighted by molar-refractivity contribution is 0.102. The largest absolute Gasteiger partial charge is 0.307 e. The molecule has 2 aromatic heterocycles. The average Bonchev–Trinajstić information content (AvgIpc) is 2.40. The van der Waals surface area contributed by atoms with Crippen LogP contribution in [-0.2, 0) is 0 Å². The van der Waals surface area contributed by atoms with Gasteiger partial charge < -0.3 is 5.32 Å². The quantitative estimate of drug-likeness (QED) is 0.899. The SMILES string of the molecule is CC(C)c1ccc(C(=O)Nc2ccccn2)cn1. The molecule has 0 aliphatic heterocycles. The lowest BCUT2D eigenvalue weighted by Crippen LogP contribution is -2.13. The molecule has 0 bridgehead atoms. The van der Waals surface area contributed by atoms with Gasteiger partial charge in [-0.1, -0.05) is 19.9 Å². The number of aromatic nitrogens is 2. The molecule has 0 aromatic carbocycles. The van der Waals surface area contributed by atoms with Crippen molar-refractivity contribution in [2.75, 3.05) is 5.32 Å². The third-order valence-electron chi connectivity index (χ3n) is 2.55. The molecule has 1 amide bonds. The summed E-state index contributed by atoms with van der Waals surface area (Å²) in [6.45, 7) is 4.13. The maximum Gasteiger partial charge on any atom is 0.258 e. The van der Waals surface area contributed by atoms with E-state index in [1.165, 1.54) is 0 Å². The lowest BCUT2D eigenvalue weighted by Gasteiger charge is -2.06. The number of pyridine rings is 2. The Kier molecular flexibility index (Phi) is 3.67. The second-order valence-corrected chi connectivity index (χ2v) is 4.30. The van der Waals surface area contributed by atoms with Crippen molar-refractivity contribution in [1.82, 2.24) is 9.97 Å². The lowest BCUT2D eigenvalue weighted by atomic mass is 10.1. The maximum atomic E-state index is 11.9. The molecule has 4 heteroatoms. The summed E-state index contributed by atoms with van der Waals surface area (Å²) in [4.78, 5) is 20.2. The minimum atomic E-state index is -0.198. The molecular weight excluding hydrogens is 226 g/mol. The number of hydrogen-bond donors (Lipinski definition) is 1. The van der Waals surface area contributed by atoms with Gasteiger partial charge in [-0.2, -0.15) is 0 Å². The van der Waals surface area contributed by atoms with Crippen LogP contribution in [0.3, 0.4) is 0 Å². The smallest absolute Gasteiger partial charge is 0.258 e. The average molecular weight is 241 g/mol. The highest BCUT2D eigenvalue weighted by atomic mass is 16.1. The Morgan fingerprint density at radius 2 is 2.00 bits per heavy atom. The Morgan fingerprint density at radius 3 is 2.56 bits per heavy atom. The minimum Gasteiger partial charge on any atom is -0.307 e. The van der Waals surface area contributed by atoms with Crippen LogP contribution >= 0.6 is 0 Å². The zero-order valence-corrected chi connectivity index (χ0v) is 10.4. The third-order valence-corrected chi connectivity index (χ3v) is 2.55. The summed E-state index contributed by atoms with van der Waals surface area (Å²) in [5, 5.41) is 2.72. The standard InChI is InChI=1S/C14H15N3O/c1-10(2)12-7-6-11(9-16-12)14(18)17-13-5-3-4-8-15-13/h3-10H,1-2H3,(H,15,17,18). The van der Waals surface area contributed by atoms with E-state index in [2.05, 4.69) is 29.1 Å². The van der Waals surface area contributed by atoms with Gasteiger partial charge in [0.1, 0.15) is 5.82 Å². The second-order valence-electron chi connectivity index (χ2n) is 4.30. The van der Waals surface area contributed by atoms with Gasteiger partial charge in [0, 0.05) is 18.1 Å². The van der Waals surface area contributed by atoms with Gasteiger partial charge in [-0.15, -0.1) is 0 Å². The first-order valence-electron chi connectivity index (χ1n) is 5.85. The number of carbonyl (C=O) groups is 1. The van der Waals surface area contributed by atoms with Crippen LogP contribution in [0.25, 0.3) is 0 Å². The summed E-state index contributed by atoms with van der Waals surface area (Å²) in [7, 11) is 0. The molecule has 0 spiro atoms. The summed E-state index contributed by atoms with van der Waals surface area (Å²) in [5.74, 6) is 0.699. The van der Waals surface area contributed by atoms with Crippen LogP contribution in [0.1, 0.15) is 35.8 Å². The van der Waals surface area contributed by atoms with Crippen LogP contribution in [0.4, 0.5) is 5.82 Å². The Balaban J connectivity index is 2.10. The molecule has 2 heterocycles. The van der Waals surface area contributed by atoms with Crippen molar-refractivity contribution >= 4 is 11.7 Å². The van der Waals surface area contributed by atoms with Crippen molar-refractivity contribution in [3.63, 3.8) is 0 Å². The Bertz CT molecular complexity index is 520. The summed E-state index contributed by atoms with van der Waals surface area (Å²) >= 11 is 0. The molecular formula is C14H15N3O. The number of nitrogens with one attached hydrogen (secondary N) is 1. The number of rotatable bonds is 3. The number of hydrogen-bond acceptors (Lipinski definition) is 3. The second kappa shape index (κ2) is 5.40. The summed E-state index contributed by atoms with van der Waals surface area (Å²) < 4.78 is 0.